The highest BCUT2D eigenvalue weighted by Crippen LogP contribution is 2.38. The van der Waals surface area contributed by atoms with Crippen LogP contribution in [-0.2, 0) is 0 Å². The van der Waals surface area contributed by atoms with Gasteiger partial charge in [-0.3, -0.25) is 0 Å². The van der Waals surface area contributed by atoms with Crippen molar-refractivity contribution in [2.75, 3.05) is 13.2 Å². The Kier molecular flexibility index (Phi) is 7.63. The first kappa shape index (κ1) is 25.0. The Balaban J connectivity index is 1.39. The molecule has 0 unspecified atom stereocenters. The number of aryl methyl sites for hydroxylation is 1. The van der Waals surface area contributed by atoms with Crippen molar-refractivity contribution in [1.82, 2.24) is 0 Å². The molecule has 3 aromatic rings. The normalized spacial score (nSPS) is 17.9. The van der Waals surface area contributed by atoms with Crippen LogP contribution in [0, 0.1) is 41.9 Å². The Bertz CT molecular complexity index is 1200. The van der Waals surface area contributed by atoms with Gasteiger partial charge in [0.1, 0.15) is 5.82 Å². The first-order valence-corrected chi connectivity index (χ1v) is 11.8. The fourth-order valence-electron chi connectivity index (χ4n) is 4.62. The molecule has 0 atom stereocenters. The van der Waals surface area contributed by atoms with E-state index in [1.807, 2.05) is 0 Å². The standard InChI is InChI=1S/C28H27F5O2/c1-3-34-23-13-11-21(26(31)28(23)33)20-10-9-19(14-22(20)29)18-7-5-17(6-8-18)15-35-24-12-4-16(2)25(30)27(24)32/h4,9-14,17-18H,3,5-8,15H2,1-2H3. The van der Waals surface area contributed by atoms with Crippen molar-refractivity contribution in [2.45, 2.75) is 45.4 Å². The quantitative estimate of drug-likeness (QED) is 0.312. The minimum atomic E-state index is -1.15. The lowest BCUT2D eigenvalue weighted by Crippen LogP contribution is -2.19. The number of rotatable bonds is 7. The van der Waals surface area contributed by atoms with E-state index in [-0.39, 0.29) is 53.2 Å². The highest BCUT2D eigenvalue weighted by Gasteiger charge is 2.25. The van der Waals surface area contributed by atoms with E-state index in [1.54, 1.807) is 13.0 Å². The van der Waals surface area contributed by atoms with Crippen molar-refractivity contribution in [3.05, 3.63) is 82.7 Å². The fourth-order valence-corrected chi connectivity index (χ4v) is 4.62. The summed E-state index contributed by atoms with van der Waals surface area (Å²) in [6.07, 6.45) is 3.15. The maximum absolute atomic E-state index is 14.9. The monoisotopic (exact) mass is 490 g/mol. The second kappa shape index (κ2) is 10.7. The van der Waals surface area contributed by atoms with Crippen LogP contribution < -0.4 is 9.47 Å². The van der Waals surface area contributed by atoms with E-state index in [2.05, 4.69) is 0 Å². The molecule has 35 heavy (non-hydrogen) atoms. The van der Waals surface area contributed by atoms with Gasteiger partial charge in [0.25, 0.3) is 0 Å². The topological polar surface area (TPSA) is 18.5 Å². The van der Waals surface area contributed by atoms with Gasteiger partial charge in [-0.15, -0.1) is 0 Å². The van der Waals surface area contributed by atoms with Crippen LogP contribution in [0.4, 0.5) is 22.0 Å². The van der Waals surface area contributed by atoms with Crippen molar-refractivity contribution < 1.29 is 31.4 Å². The van der Waals surface area contributed by atoms with Crippen LogP contribution in [-0.4, -0.2) is 13.2 Å². The summed E-state index contributed by atoms with van der Waals surface area (Å²) in [6.45, 7) is 3.62. The van der Waals surface area contributed by atoms with Crippen LogP contribution >= 0.6 is 0 Å². The third kappa shape index (κ3) is 5.29. The molecule has 0 aliphatic heterocycles. The highest BCUT2D eigenvalue weighted by atomic mass is 19.2. The molecule has 4 rings (SSSR count). The molecule has 0 bridgehead atoms. The fraction of sp³-hybridized carbons (Fsp3) is 0.357. The van der Waals surface area contributed by atoms with Crippen molar-refractivity contribution in [1.29, 1.82) is 0 Å². The van der Waals surface area contributed by atoms with Crippen molar-refractivity contribution >= 4 is 0 Å². The molecule has 186 valence electrons. The molecule has 0 radical (unpaired) electrons. The summed E-state index contributed by atoms with van der Waals surface area (Å²) in [5.41, 5.74) is 0.853. The molecule has 0 heterocycles. The zero-order valence-electron chi connectivity index (χ0n) is 19.6. The maximum atomic E-state index is 14.9. The van der Waals surface area contributed by atoms with Gasteiger partial charge in [0.05, 0.1) is 13.2 Å². The lowest BCUT2D eigenvalue weighted by Gasteiger charge is -2.29. The van der Waals surface area contributed by atoms with Gasteiger partial charge in [0.15, 0.2) is 23.1 Å². The summed E-state index contributed by atoms with van der Waals surface area (Å²) in [5.74, 6) is -4.78. The van der Waals surface area contributed by atoms with Gasteiger partial charge < -0.3 is 9.47 Å². The Labute approximate surface area is 201 Å². The minimum absolute atomic E-state index is 0.0114. The summed E-state index contributed by atoms with van der Waals surface area (Å²) in [7, 11) is 0. The second-order valence-corrected chi connectivity index (χ2v) is 8.95. The van der Waals surface area contributed by atoms with Crippen molar-refractivity contribution in [3.8, 4) is 22.6 Å². The Morgan fingerprint density at radius 3 is 2.03 bits per heavy atom. The van der Waals surface area contributed by atoms with Crippen LogP contribution in [0.2, 0.25) is 0 Å². The summed E-state index contributed by atoms with van der Waals surface area (Å²) in [4.78, 5) is 0. The van der Waals surface area contributed by atoms with Crippen LogP contribution in [0.5, 0.6) is 11.5 Å². The predicted molar refractivity (Wildman–Crippen MR) is 124 cm³/mol. The first-order valence-electron chi connectivity index (χ1n) is 11.8. The first-order chi connectivity index (χ1) is 16.8. The summed E-state index contributed by atoms with van der Waals surface area (Å²) < 4.78 is 82.0. The molecule has 0 spiro atoms. The molecule has 0 aromatic heterocycles. The minimum Gasteiger partial charge on any atom is -0.491 e. The molecule has 1 fully saturated rings. The smallest absolute Gasteiger partial charge is 0.201 e. The summed E-state index contributed by atoms with van der Waals surface area (Å²) >= 11 is 0. The SMILES string of the molecule is CCOc1ccc(-c2ccc(C3CCC(COc4ccc(C)c(F)c4F)CC3)cc2F)c(F)c1F. The molecular formula is C28H27F5O2. The Morgan fingerprint density at radius 2 is 1.34 bits per heavy atom. The van der Waals surface area contributed by atoms with Crippen molar-refractivity contribution in [3.63, 3.8) is 0 Å². The Hall–Kier alpha value is -3.09. The largest absolute Gasteiger partial charge is 0.491 e. The van der Waals surface area contributed by atoms with Crippen LogP contribution in [0.1, 0.15) is 49.7 Å². The van der Waals surface area contributed by atoms with E-state index < -0.39 is 29.1 Å². The van der Waals surface area contributed by atoms with Gasteiger partial charge >= 0.3 is 0 Å². The van der Waals surface area contributed by atoms with E-state index in [0.29, 0.717) is 0 Å². The van der Waals surface area contributed by atoms with Gasteiger partial charge in [-0.05, 0) is 86.8 Å². The van der Waals surface area contributed by atoms with E-state index in [0.717, 1.165) is 31.2 Å². The van der Waals surface area contributed by atoms with Gasteiger partial charge in [-0.25, -0.2) is 13.2 Å². The molecule has 0 N–H and O–H groups in total. The zero-order valence-corrected chi connectivity index (χ0v) is 19.6. The molecule has 0 saturated heterocycles. The third-order valence-corrected chi connectivity index (χ3v) is 6.66. The predicted octanol–water partition coefficient (Wildman–Crippen LogP) is 8.11. The number of hydrogen-bond donors (Lipinski definition) is 0. The van der Waals surface area contributed by atoms with Crippen LogP contribution in [0.3, 0.4) is 0 Å². The van der Waals surface area contributed by atoms with E-state index in [1.165, 1.54) is 43.3 Å². The van der Waals surface area contributed by atoms with Gasteiger partial charge in [0.2, 0.25) is 11.6 Å². The molecule has 1 aliphatic rings. The number of halogens is 5. The Morgan fingerprint density at radius 1 is 0.714 bits per heavy atom. The molecule has 3 aromatic carbocycles. The van der Waals surface area contributed by atoms with Crippen LogP contribution in [0.25, 0.3) is 11.1 Å². The maximum Gasteiger partial charge on any atom is 0.201 e. The number of hydrogen-bond acceptors (Lipinski definition) is 2. The summed E-state index contributed by atoms with van der Waals surface area (Å²) in [5, 5.41) is 0. The van der Waals surface area contributed by atoms with E-state index in [9.17, 15) is 22.0 Å². The molecule has 2 nitrogen and oxygen atoms in total. The van der Waals surface area contributed by atoms with E-state index >= 15 is 0 Å². The molecule has 0 amide bonds. The number of ether oxygens (including phenoxy) is 2. The molecule has 1 aliphatic carbocycles. The third-order valence-electron chi connectivity index (χ3n) is 6.66. The molecule has 7 heteroatoms. The zero-order chi connectivity index (χ0) is 25.1. The van der Waals surface area contributed by atoms with Gasteiger partial charge in [0, 0.05) is 11.1 Å². The molecule has 1 saturated carbocycles. The van der Waals surface area contributed by atoms with Gasteiger partial charge in [-0.1, -0.05) is 18.2 Å². The van der Waals surface area contributed by atoms with Crippen LogP contribution in [0.15, 0.2) is 42.5 Å². The lowest BCUT2D eigenvalue weighted by molar-refractivity contribution is 0.192. The van der Waals surface area contributed by atoms with E-state index in [4.69, 9.17) is 9.47 Å². The van der Waals surface area contributed by atoms with Crippen molar-refractivity contribution in [2.24, 2.45) is 5.92 Å². The molecular weight excluding hydrogens is 463 g/mol. The second-order valence-electron chi connectivity index (χ2n) is 8.95. The summed E-state index contributed by atoms with van der Waals surface area (Å²) in [6, 6.07) is 10.1. The number of benzene rings is 3. The van der Waals surface area contributed by atoms with Gasteiger partial charge in [-0.2, -0.15) is 8.78 Å². The highest BCUT2D eigenvalue weighted by molar-refractivity contribution is 5.66. The average Bonchev–Trinajstić information content (AvgIpc) is 2.86. The lowest BCUT2D eigenvalue weighted by atomic mass is 9.78. The average molecular weight is 491 g/mol.